The van der Waals surface area contributed by atoms with E-state index in [1.54, 1.807) is 24.3 Å². The lowest BCUT2D eigenvalue weighted by molar-refractivity contribution is 0.469. The molecule has 2 heteroatoms. The maximum atomic E-state index is 9.63. The molecule has 0 aliphatic rings. The standard InChI is InChI=1S/C12H13ClO/c1-3-5-9-8-12(14)10(6-4-2)7-11(9)13/h3-4,7-8,14H,1-2,5-6H2. The van der Waals surface area contributed by atoms with Crippen LogP contribution in [-0.4, -0.2) is 5.11 Å². The van der Waals surface area contributed by atoms with Gasteiger partial charge in [0.05, 0.1) is 0 Å². The molecule has 0 aliphatic heterocycles. The average molecular weight is 209 g/mol. The zero-order valence-electron chi connectivity index (χ0n) is 7.96. The second-order valence-corrected chi connectivity index (χ2v) is 3.47. The van der Waals surface area contributed by atoms with Gasteiger partial charge in [-0.3, -0.25) is 0 Å². The van der Waals surface area contributed by atoms with Crippen LogP contribution in [0.4, 0.5) is 0 Å². The fraction of sp³-hybridized carbons (Fsp3) is 0.167. The summed E-state index contributed by atoms with van der Waals surface area (Å²) in [6.07, 6.45) is 4.78. The summed E-state index contributed by atoms with van der Waals surface area (Å²) in [4.78, 5) is 0. The third kappa shape index (κ3) is 2.39. The highest BCUT2D eigenvalue weighted by atomic mass is 35.5. The first-order chi connectivity index (χ1) is 6.69. The summed E-state index contributed by atoms with van der Waals surface area (Å²) in [5, 5.41) is 10.3. The van der Waals surface area contributed by atoms with Crippen molar-refractivity contribution in [3.63, 3.8) is 0 Å². The first-order valence-electron chi connectivity index (χ1n) is 4.41. The Balaban J connectivity index is 3.09. The number of rotatable bonds is 4. The van der Waals surface area contributed by atoms with Crippen LogP contribution in [0.15, 0.2) is 37.4 Å². The predicted molar refractivity (Wildman–Crippen MR) is 60.9 cm³/mol. The van der Waals surface area contributed by atoms with Gasteiger partial charge in [0.25, 0.3) is 0 Å². The Hall–Kier alpha value is -1.21. The van der Waals surface area contributed by atoms with Gasteiger partial charge >= 0.3 is 0 Å². The molecule has 0 radical (unpaired) electrons. The number of benzene rings is 1. The lowest BCUT2D eigenvalue weighted by Gasteiger charge is -2.06. The van der Waals surface area contributed by atoms with Gasteiger partial charge < -0.3 is 5.11 Å². The Morgan fingerprint density at radius 2 is 1.71 bits per heavy atom. The molecule has 0 bridgehead atoms. The fourth-order valence-corrected chi connectivity index (χ4v) is 1.54. The number of phenols is 1. The van der Waals surface area contributed by atoms with Crippen LogP contribution in [0.2, 0.25) is 5.02 Å². The van der Waals surface area contributed by atoms with E-state index in [2.05, 4.69) is 13.2 Å². The van der Waals surface area contributed by atoms with Gasteiger partial charge in [0.2, 0.25) is 0 Å². The second-order valence-electron chi connectivity index (χ2n) is 3.06. The van der Waals surface area contributed by atoms with Gasteiger partial charge in [0, 0.05) is 5.02 Å². The van der Waals surface area contributed by atoms with E-state index in [4.69, 9.17) is 11.6 Å². The van der Waals surface area contributed by atoms with Crippen molar-refractivity contribution in [2.24, 2.45) is 0 Å². The van der Waals surface area contributed by atoms with E-state index in [0.29, 0.717) is 17.9 Å². The first-order valence-corrected chi connectivity index (χ1v) is 4.79. The van der Waals surface area contributed by atoms with Gasteiger partial charge in [-0.1, -0.05) is 23.8 Å². The molecule has 0 unspecified atom stereocenters. The molecular weight excluding hydrogens is 196 g/mol. The van der Waals surface area contributed by atoms with Gasteiger partial charge in [-0.15, -0.1) is 13.2 Å². The van der Waals surface area contributed by atoms with Crippen LogP contribution in [0, 0.1) is 0 Å². The van der Waals surface area contributed by atoms with Crippen LogP contribution < -0.4 is 0 Å². The lowest BCUT2D eigenvalue weighted by Crippen LogP contribution is -1.88. The summed E-state index contributed by atoms with van der Waals surface area (Å²) in [7, 11) is 0. The molecule has 0 amide bonds. The summed E-state index contributed by atoms with van der Waals surface area (Å²) < 4.78 is 0. The van der Waals surface area contributed by atoms with Gasteiger partial charge in [0.1, 0.15) is 5.75 Å². The maximum Gasteiger partial charge on any atom is 0.119 e. The Labute approximate surface area is 89.3 Å². The fourth-order valence-electron chi connectivity index (χ4n) is 1.28. The molecule has 0 saturated carbocycles. The van der Waals surface area contributed by atoms with E-state index >= 15 is 0 Å². The molecule has 14 heavy (non-hydrogen) atoms. The van der Waals surface area contributed by atoms with E-state index in [9.17, 15) is 5.11 Å². The minimum absolute atomic E-state index is 0.270. The van der Waals surface area contributed by atoms with Gasteiger partial charge in [-0.05, 0) is 36.1 Å². The molecule has 1 N–H and O–H groups in total. The van der Waals surface area contributed by atoms with Crippen molar-refractivity contribution in [2.75, 3.05) is 0 Å². The lowest BCUT2D eigenvalue weighted by atomic mass is 10.1. The maximum absolute atomic E-state index is 9.63. The highest BCUT2D eigenvalue weighted by Crippen LogP contribution is 2.27. The van der Waals surface area contributed by atoms with Gasteiger partial charge in [-0.2, -0.15) is 0 Å². The molecule has 0 aliphatic carbocycles. The minimum Gasteiger partial charge on any atom is -0.508 e. The van der Waals surface area contributed by atoms with Crippen molar-refractivity contribution in [2.45, 2.75) is 12.8 Å². The normalized spacial score (nSPS) is 9.79. The van der Waals surface area contributed by atoms with E-state index < -0.39 is 0 Å². The van der Waals surface area contributed by atoms with Crippen molar-refractivity contribution in [3.8, 4) is 5.75 Å². The highest BCUT2D eigenvalue weighted by Gasteiger charge is 2.05. The molecule has 1 rings (SSSR count). The van der Waals surface area contributed by atoms with Crippen LogP contribution in [0.25, 0.3) is 0 Å². The molecule has 74 valence electrons. The molecular formula is C12H13ClO. The number of halogens is 1. The average Bonchev–Trinajstić information content (AvgIpc) is 2.14. The molecule has 0 spiro atoms. The molecule has 1 nitrogen and oxygen atoms in total. The number of hydrogen-bond donors (Lipinski definition) is 1. The number of allylic oxidation sites excluding steroid dienone is 2. The summed E-state index contributed by atoms with van der Waals surface area (Å²) in [5.41, 5.74) is 1.70. The number of phenolic OH excluding ortho intramolecular Hbond substituents is 1. The van der Waals surface area contributed by atoms with E-state index in [1.807, 2.05) is 0 Å². The van der Waals surface area contributed by atoms with E-state index in [0.717, 1.165) is 11.1 Å². The topological polar surface area (TPSA) is 20.2 Å². The first kappa shape index (κ1) is 10.9. The third-order valence-electron chi connectivity index (χ3n) is 1.98. The summed E-state index contributed by atoms with van der Waals surface area (Å²) >= 11 is 6.02. The monoisotopic (exact) mass is 208 g/mol. The van der Waals surface area contributed by atoms with Crippen LogP contribution in [0.5, 0.6) is 5.75 Å². The zero-order valence-corrected chi connectivity index (χ0v) is 8.72. The smallest absolute Gasteiger partial charge is 0.119 e. The molecule has 1 aromatic carbocycles. The Kier molecular flexibility index (Phi) is 3.78. The molecule has 1 aromatic rings. The van der Waals surface area contributed by atoms with Crippen molar-refractivity contribution in [3.05, 3.63) is 53.6 Å². The molecule has 0 fully saturated rings. The molecule has 0 heterocycles. The zero-order chi connectivity index (χ0) is 10.6. The SMILES string of the molecule is C=CCc1cc(Cl)c(CC=C)cc1O. The third-order valence-corrected chi connectivity index (χ3v) is 2.33. The second kappa shape index (κ2) is 4.87. The van der Waals surface area contributed by atoms with Gasteiger partial charge in [0.15, 0.2) is 0 Å². The number of aromatic hydroxyl groups is 1. The predicted octanol–water partition coefficient (Wildman–Crippen LogP) is 3.50. The summed E-state index contributed by atoms with van der Waals surface area (Å²) in [6, 6.07) is 3.46. The largest absolute Gasteiger partial charge is 0.508 e. The Morgan fingerprint density at radius 3 is 2.29 bits per heavy atom. The summed E-state index contributed by atoms with van der Waals surface area (Å²) in [5.74, 6) is 0.270. The Morgan fingerprint density at radius 1 is 1.14 bits per heavy atom. The Bertz CT molecular complexity index is 320. The molecule has 0 saturated heterocycles. The van der Waals surface area contributed by atoms with Crippen molar-refractivity contribution >= 4 is 11.6 Å². The number of hydrogen-bond acceptors (Lipinski definition) is 1. The van der Waals surface area contributed by atoms with Gasteiger partial charge in [-0.25, -0.2) is 0 Å². The van der Waals surface area contributed by atoms with Crippen LogP contribution in [0.1, 0.15) is 11.1 Å². The van der Waals surface area contributed by atoms with E-state index in [-0.39, 0.29) is 5.75 Å². The van der Waals surface area contributed by atoms with Crippen LogP contribution in [-0.2, 0) is 12.8 Å². The van der Waals surface area contributed by atoms with E-state index in [1.165, 1.54) is 0 Å². The van der Waals surface area contributed by atoms with Crippen molar-refractivity contribution in [1.82, 2.24) is 0 Å². The molecule has 0 aromatic heterocycles. The quantitative estimate of drug-likeness (QED) is 0.751. The van der Waals surface area contributed by atoms with Crippen molar-refractivity contribution in [1.29, 1.82) is 0 Å². The molecule has 0 atom stereocenters. The minimum atomic E-state index is 0.270. The highest BCUT2D eigenvalue weighted by molar-refractivity contribution is 6.31. The van der Waals surface area contributed by atoms with Crippen LogP contribution in [0.3, 0.4) is 0 Å². The van der Waals surface area contributed by atoms with Crippen LogP contribution >= 0.6 is 11.6 Å². The summed E-state index contributed by atoms with van der Waals surface area (Å²) in [6.45, 7) is 7.24. The van der Waals surface area contributed by atoms with Crippen molar-refractivity contribution < 1.29 is 5.11 Å².